The Labute approximate surface area is 677 Å². The molecule has 3 N–H and O–H groups in total. The Balaban J connectivity index is 0.000000254. The highest BCUT2D eigenvalue weighted by molar-refractivity contribution is 6.31. The first-order chi connectivity index (χ1) is 51.3. The summed E-state index contributed by atoms with van der Waals surface area (Å²) in [4.78, 5) is 91.0. The number of halogens is 9. The molecule has 8 aromatic carbocycles. The Bertz CT molecular complexity index is 4050. The van der Waals surface area contributed by atoms with Crippen LogP contribution in [0.25, 0.3) is 0 Å². The normalized spacial score (nSPS) is 16.2. The first-order valence-electron chi connectivity index (χ1n) is 36.1. The number of amides is 6. The SMILES string of the molecule is C[C@@H]1CN(C(=O)[C@@H](c2ccc(F)cc2)N(C(=O)CCl)c2ccc(Oc3ccccc3)cc2)CCN1.C[C@@H]1CN(C(=O)[C@H](c2ccc(F)cc2)N(C(=O)CCl)c2ccc(Oc3ccccc3)cc2)CCN1.Cc1cc(CCC(C)(C)C)ccc1N(C(=O)CCl)C(C(=O)N1CCN[C@@H](C(C)C)C1)c1ccc(F)cc1.Cl.Cl.Cl. The lowest BCUT2D eigenvalue weighted by Crippen LogP contribution is -2.57. The molecule has 110 heavy (non-hydrogen) atoms. The number of hydrogen-bond acceptors (Lipinski definition) is 11. The predicted molar refractivity (Wildman–Crippen MR) is 440 cm³/mol. The second-order valence-electron chi connectivity index (χ2n) is 28.4. The van der Waals surface area contributed by atoms with Gasteiger partial charge in [-0.25, -0.2) is 13.2 Å². The molecule has 17 nitrogen and oxygen atoms in total. The molecule has 0 saturated carbocycles. The minimum atomic E-state index is -0.993. The molecule has 0 spiro atoms. The summed E-state index contributed by atoms with van der Waals surface area (Å²) in [6.07, 6.45) is 1.96. The number of nitrogens with zero attached hydrogens (tertiary/aromatic N) is 6. The molecule has 0 radical (unpaired) electrons. The molecule has 3 fully saturated rings. The van der Waals surface area contributed by atoms with Gasteiger partial charge in [-0.2, -0.15) is 0 Å². The van der Waals surface area contributed by atoms with Gasteiger partial charge in [0.05, 0.1) is 0 Å². The van der Waals surface area contributed by atoms with Gasteiger partial charge < -0.3 is 40.1 Å². The lowest BCUT2D eigenvalue weighted by molar-refractivity contribution is -0.136. The molecule has 6 amide bonds. The average molecular weight is 1630 g/mol. The second kappa shape index (κ2) is 43.4. The quantitative estimate of drug-likeness (QED) is 0.0551. The van der Waals surface area contributed by atoms with Crippen LogP contribution < -0.4 is 40.1 Å². The van der Waals surface area contributed by atoms with Crippen LogP contribution in [0.3, 0.4) is 0 Å². The van der Waals surface area contributed by atoms with Crippen LogP contribution in [0.15, 0.2) is 200 Å². The van der Waals surface area contributed by atoms with Gasteiger partial charge in [0.15, 0.2) is 0 Å². The second-order valence-corrected chi connectivity index (χ2v) is 29.2. The molecule has 590 valence electrons. The maximum atomic E-state index is 14.1. The van der Waals surface area contributed by atoms with E-state index in [2.05, 4.69) is 56.6 Å². The van der Waals surface area contributed by atoms with E-state index in [1.165, 1.54) is 80.9 Å². The van der Waals surface area contributed by atoms with Gasteiger partial charge in [-0.3, -0.25) is 43.5 Å². The number of carbonyl (C=O) groups is 6. The largest absolute Gasteiger partial charge is 0.457 e. The van der Waals surface area contributed by atoms with Crippen molar-refractivity contribution >= 4 is 125 Å². The standard InChI is InChI=1S/C30H41ClFN3O2.2C27H27ClFN3O3.3ClH/c1-20(2)25-19-34(16-15-33-25)29(37)28(23-8-10-24(32)11-9-23)35(27(36)18-31)26-12-7-22(17-21(26)3)13-14-30(4,5)6;2*1-19-18-31(16-15-30-19)27(34)26(20-7-9-21(29)10-8-20)32(25(33)17-28)22-11-13-24(14-12-22)35-23-5-3-2-4-6-23;;;/h7-12,17,20,25,28,33H,13-16,18-19H2,1-6H3;2*2-14,19,26,30H,15-18H2,1H3;3*1H/t25-,28?;19-,26+;19-,26-;;;/m111.../s1. The molecule has 8 aromatic rings. The molecule has 0 aromatic heterocycles. The van der Waals surface area contributed by atoms with Crippen molar-refractivity contribution in [2.45, 2.75) is 104 Å². The van der Waals surface area contributed by atoms with Crippen molar-refractivity contribution < 1.29 is 51.4 Å². The topological polar surface area (TPSA) is 176 Å². The lowest BCUT2D eigenvalue weighted by atomic mass is 9.88. The van der Waals surface area contributed by atoms with E-state index in [4.69, 9.17) is 44.3 Å². The first-order valence-corrected chi connectivity index (χ1v) is 37.7. The van der Waals surface area contributed by atoms with Gasteiger partial charge in [-0.05, 0) is 188 Å². The monoisotopic (exact) mass is 1630 g/mol. The van der Waals surface area contributed by atoms with E-state index in [0.29, 0.717) is 122 Å². The van der Waals surface area contributed by atoms with Crippen molar-refractivity contribution in [1.82, 2.24) is 30.7 Å². The number of hydrogen-bond donors (Lipinski definition) is 3. The van der Waals surface area contributed by atoms with Crippen LogP contribution in [0, 0.1) is 35.7 Å². The third-order valence-corrected chi connectivity index (χ3v) is 19.4. The third-order valence-electron chi connectivity index (χ3n) is 18.7. The van der Waals surface area contributed by atoms with Crippen molar-refractivity contribution in [1.29, 1.82) is 0 Å². The number of piperazine rings is 3. The fourth-order valence-corrected chi connectivity index (χ4v) is 13.5. The van der Waals surface area contributed by atoms with Crippen molar-refractivity contribution in [3.05, 3.63) is 245 Å². The molecule has 11 rings (SSSR count). The lowest BCUT2D eigenvalue weighted by Gasteiger charge is -2.40. The molecule has 26 heteroatoms. The summed E-state index contributed by atoms with van der Waals surface area (Å²) in [5.41, 5.74) is 5.47. The fraction of sp³-hybridized carbons (Fsp3) is 0.357. The molecule has 3 aliphatic heterocycles. The van der Waals surface area contributed by atoms with Gasteiger partial charge in [0.1, 0.15) is 76.2 Å². The smallest absolute Gasteiger partial charge is 0.250 e. The van der Waals surface area contributed by atoms with Crippen LogP contribution in [0.4, 0.5) is 30.2 Å². The number of benzene rings is 8. The fourth-order valence-electron chi connectivity index (χ4n) is 13.1. The van der Waals surface area contributed by atoms with E-state index in [1.54, 1.807) is 70.5 Å². The zero-order valence-electron chi connectivity index (χ0n) is 62.9. The van der Waals surface area contributed by atoms with Gasteiger partial charge >= 0.3 is 0 Å². The number of rotatable bonds is 22. The summed E-state index contributed by atoms with van der Waals surface area (Å²) in [6.45, 7) is 21.9. The minimum absolute atomic E-state index is 0. The van der Waals surface area contributed by atoms with Crippen LogP contribution in [0.2, 0.25) is 0 Å². The summed E-state index contributed by atoms with van der Waals surface area (Å²) < 4.78 is 53.0. The molecular weight excluding hydrogens is 1530 g/mol. The van der Waals surface area contributed by atoms with Crippen LogP contribution in [0.5, 0.6) is 23.0 Å². The predicted octanol–water partition coefficient (Wildman–Crippen LogP) is 16.7. The molecular formula is C84H98Cl6F3N9O8. The van der Waals surface area contributed by atoms with Gasteiger partial charge in [-0.15, -0.1) is 72.0 Å². The molecule has 6 atom stereocenters. The van der Waals surface area contributed by atoms with Gasteiger partial charge in [0, 0.05) is 94.1 Å². The molecule has 0 aliphatic carbocycles. The summed E-state index contributed by atoms with van der Waals surface area (Å²) in [7, 11) is 0. The summed E-state index contributed by atoms with van der Waals surface area (Å²) >= 11 is 18.1. The summed E-state index contributed by atoms with van der Waals surface area (Å²) in [6, 6.07) is 53.1. The van der Waals surface area contributed by atoms with E-state index < -0.39 is 47.4 Å². The number of carbonyl (C=O) groups excluding carboxylic acids is 6. The number of anilines is 3. The van der Waals surface area contributed by atoms with Crippen LogP contribution >= 0.6 is 72.0 Å². The van der Waals surface area contributed by atoms with Crippen LogP contribution in [-0.4, -0.2) is 145 Å². The van der Waals surface area contributed by atoms with E-state index in [-0.39, 0.29) is 102 Å². The number of para-hydroxylation sites is 2. The number of ether oxygens (including phenoxy) is 2. The maximum Gasteiger partial charge on any atom is 0.250 e. The third kappa shape index (κ3) is 25.0. The maximum absolute atomic E-state index is 14.1. The minimum Gasteiger partial charge on any atom is -0.457 e. The van der Waals surface area contributed by atoms with Gasteiger partial charge in [0.2, 0.25) is 17.7 Å². The highest BCUT2D eigenvalue weighted by Gasteiger charge is 2.41. The summed E-state index contributed by atoms with van der Waals surface area (Å²) in [5.74, 6) is -1.18. The number of alkyl halides is 3. The molecule has 3 heterocycles. The Morgan fingerprint density at radius 2 is 0.800 bits per heavy atom. The van der Waals surface area contributed by atoms with E-state index in [0.717, 1.165) is 18.4 Å². The highest BCUT2D eigenvalue weighted by atomic mass is 35.5. The van der Waals surface area contributed by atoms with Gasteiger partial charge in [0.25, 0.3) is 17.7 Å². The average Bonchev–Trinajstić information content (AvgIpc) is 0.794. The Hall–Kier alpha value is -8.41. The molecule has 3 saturated heterocycles. The highest BCUT2D eigenvalue weighted by Crippen LogP contribution is 2.38. The van der Waals surface area contributed by atoms with Crippen molar-refractivity contribution in [3.63, 3.8) is 0 Å². The van der Waals surface area contributed by atoms with E-state index >= 15 is 0 Å². The van der Waals surface area contributed by atoms with Gasteiger partial charge in [-0.1, -0.05) is 120 Å². The zero-order valence-corrected chi connectivity index (χ0v) is 67.7. The molecule has 1 unspecified atom stereocenters. The Morgan fingerprint density at radius 1 is 0.464 bits per heavy atom. The Kier molecular flexibility index (Phi) is 35.7. The molecule has 0 bridgehead atoms. The van der Waals surface area contributed by atoms with Crippen LogP contribution in [-0.2, 0) is 35.2 Å². The summed E-state index contributed by atoms with van der Waals surface area (Å²) in [5, 5.41) is 10.1. The van der Waals surface area contributed by atoms with Crippen LogP contribution in [0.1, 0.15) is 101 Å². The molecule has 3 aliphatic rings. The van der Waals surface area contributed by atoms with Crippen molar-refractivity contribution in [2.75, 3.05) is 91.2 Å². The zero-order chi connectivity index (χ0) is 76.9. The van der Waals surface area contributed by atoms with Crippen molar-refractivity contribution in [3.8, 4) is 23.0 Å². The van der Waals surface area contributed by atoms with Crippen molar-refractivity contribution in [2.24, 2.45) is 11.3 Å². The first kappa shape index (κ1) is 90.5. The van der Waals surface area contributed by atoms with E-state index in [9.17, 15) is 41.9 Å². The number of aryl methyl sites for hydroxylation is 2. The van der Waals surface area contributed by atoms with E-state index in [1.807, 2.05) is 98.5 Å². The Morgan fingerprint density at radius 3 is 1.14 bits per heavy atom. The number of nitrogens with one attached hydrogen (secondary N) is 3.